The second-order valence-electron chi connectivity index (χ2n) is 4.28. The summed E-state index contributed by atoms with van der Waals surface area (Å²) in [4.78, 5) is 0. The minimum atomic E-state index is 0.989. The molecule has 0 aromatic rings. The van der Waals surface area contributed by atoms with Gasteiger partial charge in [-0.15, -0.1) is 0 Å². The summed E-state index contributed by atoms with van der Waals surface area (Å²) in [5.74, 6) is 2.08. The Balaban J connectivity index is 2.08. The van der Waals surface area contributed by atoms with Crippen LogP contribution in [0.2, 0.25) is 0 Å². The zero-order chi connectivity index (χ0) is 8.10. The molecule has 0 spiro atoms. The van der Waals surface area contributed by atoms with E-state index in [1.165, 1.54) is 44.9 Å². The van der Waals surface area contributed by atoms with Crippen molar-refractivity contribution in [2.75, 3.05) is 0 Å². The molecule has 0 nitrogen and oxygen atoms in total. The molecule has 0 radical (unpaired) electrons. The SMILES string of the molecule is CCCC(C)CC1CCCC1. The quantitative estimate of drug-likeness (QED) is 0.574. The highest BCUT2D eigenvalue weighted by molar-refractivity contribution is 4.69. The van der Waals surface area contributed by atoms with E-state index in [0.29, 0.717) is 0 Å². The highest BCUT2D eigenvalue weighted by Gasteiger charge is 2.16. The van der Waals surface area contributed by atoms with E-state index in [0.717, 1.165) is 11.8 Å². The Morgan fingerprint density at radius 2 is 1.91 bits per heavy atom. The van der Waals surface area contributed by atoms with Gasteiger partial charge in [0, 0.05) is 0 Å². The van der Waals surface area contributed by atoms with Crippen molar-refractivity contribution in [1.82, 2.24) is 0 Å². The van der Waals surface area contributed by atoms with Crippen molar-refractivity contribution >= 4 is 0 Å². The molecule has 0 amide bonds. The van der Waals surface area contributed by atoms with E-state index in [1.54, 1.807) is 0 Å². The maximum Gasteiger partial charge on any atom is -0.0412 e. The molecular weight excluding hydrogens is 132 g/mol. The molecule has 1 fully saturated rings. The zero-order valence-corrected chi connectivity index (χ0v) is 8.10. The summed E-state index contributed by atoms with van der Waals surface area (Å²) in [6.07, 6.45) is 10.4. The molecule has 0 heteroatoms. The summed E-state index contributed by atoms with van der Waals surface area (Å²) in [6, 6.07) is 0. The Morgan fingerprint density at radius 3 is 2.45 bits per heavy atom. The lowest BCUT2D eigenvalue weighted by molar-refractivity contribution is 0.377. The van der Waals surface area contributed by atoms with Crippen LogP contribution in [0.25, 0.3) is 0 Å². The highest BCUT2D eigenvalue weighted by atomic mass is 14.2. The van der Waals surface area contributed by atoms with Gasteiger partial charge in [-0.3, -0.25) is 0 Å². The second-order valence-corrected chi connectivity index (χ2v) is 4.28. The van der Waals surface area contributed by atoms with Crippen molar-refractivity contribution in [2.45, 2.75) is 58.8 Å². The third kappa shape index (κ3) is 3.27. The molecule has 1 saturated carbocycles. The Hall–Kier alpha value is 0. The van der Waals surface area contributed by atoms with Crippen LogP contribution in [-0.2, 0) is 0 Å². The molecule has 1 atom stereocenters. The Labute approximate surface area is 71.4 Å². The minimum Gasteiger partial charge on any atom is -0.0654 e. The first-order valence-corrected chi connectivity index (χ1v) is 5.33. The zero-order valence-electron chi connectivity index (χ0n) is 8.10. The summed E-state index contributed by atoms with van der Waals surface area (Å²) in [7, 11) is 0. The van der Waals surface area contributed by atoms with Crippen LogP contribution in [0.4, 0.5) is 0 Å². The molecule has 0 aromatic carbocycles. The van der Waals surface area contributed by atoms with Crippen molar-refractivity contribution in [3.8, 4) is 0 Å². The van der Waals surface area contributed by atoms with Crippen LogP contribution in [0.1, 0.15) is 58.8 Å². The Kier molecular flexibility index (Phi) is 3.96. The summed E-state index contributed by atoms with van der Waals surface area (Å²) < 4.78 is 0. The third-order valence-corrected chi connectivity index (χ3v) is 2.99. The van der Waals surface area contributed by atoms with Crippen LogP contribution in [0.15, 0.2) is 0 Å². The Bertz CT molecular complexity index is 90.2. The van der Waals surface area contributed by atoms with E-state index in [9.17, 15) is 0 Å². The van der Waals surface area contributed by atoms with Crippen molar-refractivity contribution in [3.05, 3.63) is 0 Å². The number of hydrogen-bond acceptors (Lipinski definition) is 0. The first kappa shape index (κ1) is 9.09. The van der Waals surface area contributed by atoms with Gasteiger partial charge in [0.1, 0.15) is 0 Å². The fraction of sp³-hybridized carbons (Fsp3) is 1.00. The predicted octanol–water partition coefficient (Wildman–Crippen LogP) is 4.00. The van der Waals surface area contributed by atoms with Crippen molar-refractivity contribution in [2.24, 2.45) is 11.8 Å². The first-order valence-electron chi connectivity index (χ1n) is 5.33. The molecule has 0 heterocycles. The van der Waals surface area contributed by atoms with Crippen molar-refractivity contribution in [1.29, 1.82) is 0 Å². The van der Waals surface area contributed by atoms with Crippen LogP contribution in [0.3, 0.4) is 0 Å². The molecule has 66 valence electrons. The lowest BCUT2D eigenvalue weighted by Crippen LogP contribution is -2.02. The average Bonchev–Trinajstić information content (AvgIpc) is 2.40. The molecule has 1 aliphatic rings. The predicted molar refractivity (Wildman–Crippen MR) is 50.6 cm³/mol. The molecular formula is C11H22. The fourth-order valence-electron chi connectivity index (χ4n) is 2.43. The third-order valence-electron chi connectivity index (χ3n) is 2.99. The fourth-order valence-corrected chi connectivity index (χ4v) is 2.43. The maximum absolute atomic E-state index is 2.42. The van der Waals surface area contributed by atoms with E-state index in [1.807, 2.05) is 0 Å². The van der Waals surface area contributed by atoms with E-state index in [-0.39, 0.29) is 0 Å². The van der Waals surface area contributed by atoms with Gasteiger partial charge < -0.3 is 0 Å². The van der Waals surface area contributed by atoms with Crippen LogP contribution < -0.4 is 0 Å². The lowest BCUT2D eigenvalue weighted by atomic mass is 9.92. The molecule has 1 unspecified atom stereocenters. The van der Waals surface area contributed by atoms with Crippen LogP contribution >= 0.6 is 0 Å². The largest absolute Gasteiger partial charge is 0.0654 e. The lowest BCUT2D eigenvalue weighted by Gasteiger charge is -2.14. The monoisotopic (exact) mass is 154 g/mol. The van der Waals surface area contributed by atoms with Gasteiger partial charge in [0.05, 0.1) is 0 Å². The van der Waals surface area contributed by atoms with Gasteiger partial charge in [0.2, 0.25) is 0 Å². The van der Waals surface area contributed by atoms with Gasteiger partial charge in [0.25, 0.3) is 0 Å². The maximum atomic E-state index is 2.42. The summed E-state index contributed by atoms with van der Waals surface area (Å²) in [5.41, 5.74) is 0. The van der Waals surface area contributed by atoms with Crippen LogP contribution in [0, 0.1) is 11.8 Å². The van der Waals surface area contributed by atoms with Gasteiger partial charge >= 0.3 is 0 Å². The van der Waals surface area contributed by atoms with Gasteiger partial charge in [-0.05, 0) is 18.3 Å². The van der Waals surface area contributed by atoms with E-state index >= 15 is 0 Å². The van der Waals surface area contributed by atoms with Gasteiger partial charge in [-0.1, -0.05) is 52.4 Å². The van der Waals surface area contributed by atoms with Crippen LogP contribution in [-0.4, -0.2) is 0 Å². The first-order chi connectivity index (χ1) is 5.33. The average molecular weight is 154 g/mol. The van der Waals surface area contributed by atoms with Crippen LogP contribution in [0.5, 0.6) is 0 Å². The molecule has 0 aromatic heterocycles. The van der Waals surface area contributed by atoms with Gasteiger partial charge in [0.15, 0.2) is 0 Å². The van der Waals surface area contributed by atoms with E-state index in [4.69, 9.17) is 0 Å². The van der Waals surface area contributed by atoms with Crippen molar-refractivity contribution < 1.29 is 0 Å². The van der Waals surface area contributed by atoms with Gasteiger partial charge in [-0.25, -0.2) is 0 Å². The smallest absolute Gasteiger partial charge is 0.0412 e. The molecule has 1 rings (SSSR count). The highest BCUT2D eigenvalue weighted by Crippen LogP contribution is 2.31. The van der Waals surface area contributed by atoms with E-state index in [2.05, 4.69) is 13.8 Å². The van der Waals surface area contributed by atoms with E-state index < -0.39 is 0 Å². The molecule has 1 aliphatic carbocycles. The molecule has 0 bridgehead atoms. The number of hydrogen-bond donors (Lipinski definition) is 0. The molecule has 0 aliphatic heterocycles. The standard InChI is InChI=1S/C11H22/c1-3-6-10(2)9-11-7-4-5-8-11/h10-11H,3-9H2,1-2H3. The normalized spacial score (nSPS) is 22.4. The van der Waals surface area contributed by atoms with Gasteiger partial charge in [-0.2, -0.15) is 0 Å². The number of rotatable bonds is 4. The summed E-state index contributed by atoms with van der Waals surface area (Å²) >= 11 is 0. The summed E-state index contributed by atoms with van der Waals surface area (Å²) in [6.45, 7) is 4.72. The Morgan fingerprint density at radius 1 is 1.27 bits per heavy atom. The molecule has 0 saturated heterocycles. The molecule has 0 N–H and O–H groups in total. The topological polar surface area (TPSA) is 0 Å². The molecule has 11 heavy (non-hydrogen) atoms. The van der Waals surface area contributed by atoms with Crippen molar-refractivity contribution in [3.63, 3.8) is 0 Å². The minimum absolute atomic E-state index is 0.989. The summed E-state index contributed by atoms with van der Waals surface area (Å²) in [5, 5.41) is 0. The second kappa shape index (κ2) is 4.79.